The van der Waals surface area contributed by atoms with Crippen molar-refractivity contribution in [2.45, 2.75) is 38.6 Å². The molecule has 4 atom stereocenters. The third-order valence-corrected chi connectivity index (χ3v) is 9.90. The molecule has 0 radical (unpaired) electrons. The third kappa shape index (κ3) is 6.23. The third-order valence-electron chi connectivity index (χ3n) is 9.90. The summed E-state index contributed by atoms with van der Waals surface area (Å²) >= 11 is 0. The van der Waals surface area contributed by atoms with E-state index in [0.717, 1.165) is 38.0 Å². The maximum Gasteiger partial charge on any atom is 0.455 e. The van der Waals surface area contributed by atoms with Gasteiger partial charge in [0.15, 0.2) is 0 Å². The van der Waals surface area contributed by atoms with Crippen molar-refractivity contribution in [3.8, 4) is 11.5 Å². The zero-order valence-electron chi connectivity index (χ0n) is 26.9. The van der Waals surface area contributed by atoms with Crippen LogP contribution in [0, 0.1) is 27.9 Å². The molecule has 49 heavy (non-hydrogen) atoms. The van der Waals surface area contributed by atoms with Crippen LogP contribution in [0.1, 0.15) is 31.7 Å². The summed E-state index contributed by atoms with van der Waals surface area (Å²) in [7, 11) is -1.14. The number of carbonyl (C=O) groups is 2. The smallest absolute Gasteiger partial charge is 0.455 e. The second kappa shape index (κ2) is 13.3. The summed E-state index contributed by atoms with van der Waals surface area (Å²) in [5.74, 6) is -1.89. The Morgan fingerprint density at radius 3 is 2.53 bits per heavy atom. The number of nitro groups is 1. The van der Waals surface area contributed by atoms with Gasteiger partial charge in [-0.2, -0.15) is 0 Å². The van der Waals surface area contributed by atoms with E-state index in [9.17, 15) is 29.8 Å². The minimum Gasteiger partial charge on any atom is -0.507 e. The molecule has 2 aliphatic heterocycles. The van der Waals surface area contributed by atoms with Crippen molar-refractivity contribution >= 4 is 47.2 Å². The molecule has 10 nitrogen and oxygen atoms in total. The molecule has 0 bridgehead atoms. The first-order valence-corrected chi connectivity index (χ1v) is 16.4. The van der Waals surface area contributed by atoms with E-state index in [1.807, 2.05) is 67.6 Å². The number of nitrogens with zero attached hydrogens (tertiary/aromatic N) is 2. The molecule has 0 saturated carbocycles. The second-order valence-corrected chi connectivity index (χ2v) is 13.0. The number of allylic oxidation sites excluding steroid dienone is 1. The molecular formula is C38H35BN2O8. The molecule has 248 valence electrons. The van der Waals surface area contributed by atoms with Crippen LogP contribution in [0.5, 0.6) is 11.5 Å². The fourth-order valence-electron chi connectivity index (χ4n) is 7.71. The average Bonchev–Trinajstić information content (AvgIpc) is 3.36. The van der Waals surface area contributed by atoms with Crippen LogP contribution in [0.25, 0.3) is 16.8 Å². The number of amides is 2. The topological polar surface area (TPSA) is 139 Å². The van der Waals surface area contributed by atoms with Gasteiger partial charge >= 0.3 is 7.12 Å². The number of rotatable bonds is 9. The summed E-state index contributed by atoms with van der Waals surface area (Å²) in [4.78, 5) is 40.1. The van der Waals surface area contributed by atoms with Gasteiger partial charge in [0, 0.05) is 17.5 Å². The molecule has 3 aliphatic rings. The van der Waals surface area contributed by atoms with Gasteiger partial charge in [-0.3, -0.25) is 19.7 Å². The number of carbonyl (C=O) groups excluding carboxylic acids is 2. The first kappa shape index (κ1) is 32.3. The lowest BCUT2D eigenvalue weighted by Crippen LogP contribution is -2.46. The second-order valence-electron chi connectivity index (χ2n) is 13.0. The molecule has 11 heteroatoms. The number of anilines is 1. The summed E-state index contributed by atoms with van der Waals surface area (Å²) in [6.45, 7) is 2.21. The van der Waals surface area contributed by atoms with Crippen LogP contribution in [0.2, 0.25) is 6.32 Å². The number of imide groups is 1. The van der Waals surface area contributed by atoms with E-state index in [0.29, 0.717) is 18.6 Å². The van der Waals surface area contributed by atoms with E-state index in [1.54, 1.807) is 6.07 Å². The number of fused-ring (bicyclic) bond motifs is 4. The van der Waals surface area contributed by atoms with Gasteiger partial charge in [-0.15, -0.1) is 0 Å². The standard InChI is InChI=1S/C38H35BN2O8/c1-23(18-24-15-16-33(42)30-13-6-5-12-29(24)30)14-17-34-35-25(22-48-28-10-3-2-4-11-28)19-31-36(32(35)21-39(45)49-34)38(44)40(37(31)43)26-8-7-9-27(20-26)41(46)47/h2-13,15-16,18,20,31-32,34,36,42,45H,14,17,19,21-22H2,1H3/b23-18+/t31-,32+,34-,36-/m1/s1. The number of aromatic hydroxyl groups is 1. The molecule has 4 aromatic carbocycles. The Bertz CT molecular complexity index is 2010. The molecule has 7 rings (SSSR count). The fraction of sp³-hybridized carbons (Fsp3) is 0.263. The van der Waals surface area contributed by atoms with Gasteiger partial charge < -0.3 is 19.5 Å². The molecule has 2 heterocycles. The fourth-order valence-corrected chi connectivity index (χ4v) is 7.71. The number of para-hydroxylation sites is 1. The van der Waals surface area contributed by atoms with Crippen LogP contribution < -0.4 is 9.64 Å². The largest absolute Gasteiger partial charge is 0.507 e. The van der Waals surface area contributed by atoms with Crippen LogP contribution >= 0.6 is 0 Å². The van der Waals surface area contributed by atoms with Crippen molar-refractivity contribution in [2.75, 3.05) is 11.5 Å². The zero-order valence-corrected chi connectivity index (χ0v) is 26.9. The molecule has 2 N–H and O–H groups in total. The minimum absolute atomic E-state index is 0.137. The summed E-state index contributed by atoms with van der Waals surface area (Å²) < 4.78 is 12.4. The van der Waals surface area contributed by atoms with Crippen molar-refractivity contribution in [1.29, 1.82) is 0 Å². The molecule has 4 aromatic rings. The molecule has 1 aliphatic carbocycles. The number of phenols is 1. The SMILES string of the molecule is C/C(=C\c1ccc(O)c2ccccc12)CC[C@H]1OB(O)C[C@H]2C1=C(COc1ccccc1)C[C@H]1C(=O)N(c3cccc([N+](=O)[O-])c3)C(=O)[C@H]12. The molecule has 0 spiro atoms. The lowest BCUT2D eigenvalue weighted by Gasteiger charge is -2.43. The molecule has 0 aromatic heterocycles. The normalized spacial score (nSPS) is 22.4. The molecule has 0 unspecified atom stereocenters. The number of hydrogen-bond donors (Lipinski definition) is 2. The monoisotopic (exact) mass is 658 g/mol. The lowest BCUT2D eigenvalue weighted by atomic mass is 9.58. The van der Waals surface area contributed by atoms with Gasteiger partial charge in [0.1, 0.15) is 18.1 Å². The van der Waals surface area contributed by atoms with E-state index in [1.165, 1.54) is 24.3 Å². The van der Waals surface area contributed by atoms with E-state index in [2.05, 4.69) is 6.08 Å². The lowest BCUT2D eigenvalue weighted by molar-refractivity contribution is -0.384. The van der Waals surface area contributed by atoms with Crippen molar-refractivity contribution in [2.24, 2.45) is 17.8 Å². The van der Waals surface area contributed by atoms with E-state index < -0.39 is 47.7 Å². The van der Waals surface area contributed by atoms with Crippen LogP contribution in [-0.2, 0) is 14.2 Å². The number of ether oxygens (including phenoxy) is 1. The van der Waals surface area contributed by atoms with Gasteiger partial charge in [-0.1, -0.05) is 66.2 Å². The zero-order chi connectivity index (χ0) is 34.2. The maximum atomic E-state index is 14.1. The first-order valence-electron chi connectivity index (χ1n) is 16.4. The Kier molecular flexibility index (Phi) is 8.79. The summed E-state index contributed by atoms with van der Waals surface area (Å²) in [5, 5.41) is 34.6. The Balaban J connectivity index is 1.21. The molecule has 2 saturated heterocycles. The van der Waals surface area contributed by atoms with Gasteiger partial charge in [0.2, 0.25) is 11.8 Å². The van der Waals surface area contributed by atoms with E-state index in [4.69, 9.17) is 9.39 Å². The van der Waals surface area contributed by atoms with Gasteiger partial charge in [0.05, 0.1) is 28.6 Å². The van der Waals surface area contributed by atoms with Gasteiger partial charge in [0.25, 0.3) is 5.69 Å². The van der Waals surface area contributed by atoms with Crippen LogP contribution in [0.3, 0.4) is 0 Å². The Labute approximate surface area is 283 Å². The molecule has 2 fully saturated rings. The van der Waals surface area contributed by atoms with Crippen molar-refractivity contribution in [1.82, 2.24) is 0 Å². The summed E-state index contributed by atoms with van der Waals surface area (Å²) in [6.07, 6.45) is 3.10. The quantitative estimate of drug-likeness (QED) is 0.0665. The average molecular weight is 659 g/mol. The van der Waals surface area contributed by atoms with E-state index >= 15 is 0 Å². The predicted octanol–water partition coefficient (Wildman–Crippen LogP) is 6.72. The Morgan fingerprint density at radius 1 is 1.00 bits per heavy atom. The Hall–Kier alpha value is -5.26. The molecule has 2 amide bonds. The van der Waals surface area contributed by atoms with E-state index in [-0.39, 0.29) is 36.5 Å². The molecular weight excluding hydrogens is 623 g/mol. The summed E-state index contributed by atoms with van der Waals surface area (Å²) in [5.41, 5.74) is 3.73. The highest BCUT2D eigenvalue weighted by Crippen LogP contribution is 2.51. The highest BCUT2D eigenvalue weighted by Gasteiger charge is 2.57. The van der Waals surface area contributed by atoms with Crippen LogP contribution in [0.4, 0.5) is 11.4 Å². The van der Waals surface area contributed by atoms with Crippen molar-refractivity contribution < 1.29 is 34.0 Å². The van der Waals surface area contributed by atoms with Gasteiger partial charge in [-0.25, -0.2) is 4.90 Å². The number of phenolic OH excluding ortho intramolecular Hbond substituents is 1. The van der Waals surface area contributed by atoms with Gasteiger partial charge in [-0.05, 0) is 84.8 Å². The van der Waals surface area contributed by atoms with Crippen LogP contribution in [-0.4, -0.2) is 46.7 Å². The van der Waals surface area contributed by atoms with Crippen molar-refractivity contribution in [3.63, 3.8) is 0 Å². The first-order chi connectivity index (χ1) is 23.7. The highest BCUT2D eigenvalue weighted by atomic mass is 16.6. The number of hydrogen-bond acceptors (Lipinski definition) is 8. The summed E-state index contributed by atoms with van der Waals surface area (Å²) in [6, 6.07) is 26.1. The predicted molar refractivity (Wildman–Crippen MR) is 186 cm³/mol. The Morgan fingerprint density at radius 2 is 1.76 bits per heavy atom. The number of non-ortho nitro benzene ring substituents is 1. The van der Waals surface area contributed by atoms with Crippen LogP contribution in [0.15, 0.2) is 108 Å². The number of nitro benzene ring substituents is 1. The van der Waals surface area contributed by atoms with Crippen molar-refractivity contribution in [3.05, 3.63) is 123 Å². The maximum absolute atomic E-state index is 14.1. The highest BCUT2D eigenvalue weighted by molar-refractivity contribution is 6.43. The number of benzene rings is 4. The minimum atomic E-state index is -1.14.